The number of carbonyl (C=O) groups excluding carboxylic acids is 1. The number of nitrogens with zero attached hydrogens (tertiary/aromatic N) is 2. The smallest absolute Gasteiger partial charge is 0.257 e. The maximum atomic E-state index is 12.1. The first-order valence-electron chi connectivity index (χ1n) is 5.79. The molecule has 19 heavy (non-hydrogen) atoms. The van der Waals surface area contributed by atoms with Gasteiger partial charge in [0.25, 0.3) is 5.91 Å². The van der Waals surface area contributed by atoms with Crippen molar-refractivity contribution in [3.63, 3.8) is 0 Å². The van der Waals surface area contributed by atoms with Gasteiger partial charge in [-0.3, -0.25) is 15.1 Å². The Labute approximate surface area is 114 Å². The van der Waals surface area contributed by atoms with Crippen LogP contribution in [0.15, 0.2) is 42.0 Å². The summed E-state index contributed by atoms with van der Waals surface area (Å²) in [6.07, 6.45) is 3.50. The average molecular weight is 269 g/mol. The number of thiazole rings is 1. The van der Waals surface area contributed by atoms with Crippen molar-refractivity contribution >= 4 is 33.1 Å². The first-order valence-corrected chi connectivity index (χ1v) is 6.67. The zero-order valence-electron chi connectivity index (χ0n) is 10.3. The number of amides is 1. The van der Waals surface area contributed by atoms with Crippen molar-refractivity contribution in [1.82, 2.24) is 9.97 Å². The number of hydrogen-bond donors (Lipinski definition) is 1. The molecular formula is C14H11N3OS. The minimum absolute atomic E-state index is 0.145. The molecule has 0 atom stereocenters. The number of anilines is 1. The van der Waals surface area contributed by atoms with Crippen LogP contribution in [-0.4, -0.2) is 15.9 Å². The lowest BCUT2D eigenvalue weighted by molar-refractivity contribution is 0.102. The predicted octanol–water partition coefficient (Wildman–Crippen LogP) is 3.25. The molecule has 0 spiro atoms. The van der Waals surface area contributed by atoms with Gasteiger partial charge in [-0.2, -0.15) is 0 Å². The molecule has 0 aliphatic heterocycles. The molecule has 0 aliphatic carbocycles. The lowest BCUT2D eigenvalue weighted by atomic mass is 10.1. The molecule has 0 saturated heterocycles. The van der Waals surface area contributed by atoms with E-state index in [2.05, 4.69) is 15.3 Å². The normalized spacial score (nSPS) is 10.6. The van der Waals surface area contributed by atoms with Gasteiger partial charge in [0.05, 0.1) is 5.69 Å². The number of carbonyl (C=O) groups is 1. The Hall–Kier alpha value is -2.27. The van der Waals surface area contributed by atoms with E-state index in [1.807, 2.05) is 30.5 Å². The molecule has 0 unspecified atom stereocenters. The van der Waals surface area contributed by atoms with E-state index in [9.17, 15) is 4.79 Å². The van der Waals surface area contributed by atoms with E-state index < -0.39 is 0 Å². The van der Waals surface area contributed by atoms with Gasteiger partial charge in [0.1, 0.15) is 0 Å². The minimum Gasteiger partial charge on any atom is -0.298 e. The van der Waals surface area contributed by atoms with Crippen molar-refractivity contribution < 1.29 is 4.79 Å². The van der Waals surface area contributed by atoms with Crippen molar-refractivity contribution in [3.8, 4) is 0 Å². The number of aromatic nitrogens is 2. The Balaban J connectivity index is 1.89. The molecule has 2 aromatic heterocycles. The topological polar surface area (TPSA) is 54.9 Å². The van der Waals surface area contributed by atoms with E-state index in [1.165, 1.54) is 11.3 Å². The third kappa shape index (κ3) is 2.46. The molecule has 0 fully saturated rings. The molecule has 0 radical (unpaired) electrons. The van der Waals surface area contributed by atoms with Crippen molar-refractivity contribution in [2.75, 3.05) is 5.32 Å². The highest BCUT2D eigenvalue weighted by molar-refractivity contribution is 7.13. The highest BCUT2D eigenvalue weighted by Gasteiger charge is 2.08. The number of hydrogen-bond acceptors (Lipinski definition) is 4. The number of rotatable bonds is 2. The summed E-state index contributed by atoms with van der Waals surface area (Å²) in [4.78, 5) is 20.4. The third-order valence-corrected chi connectivity index (χ3v) is 3.62. The Bertz CT molecular complexity index is 751. The fourth-order valence-corrected chi connectivity index (χ4v) is 2.49. The van der Waals surface area contributed by atoms with Crippen LogP contribution in [0.1, 0.15) is 16.1 Å². The summed E-state index contributed by atoms with van der Waals surface area (Å²) >= 11 is 1.42. The summed E-state index contributed by atoms with van der Waals surface area (Å²) in [6, 6.07) is 7.43. The molecular weight excluding hydrogens is 258 g/mol. The molecule has 1 N–H and O–H groups in total. The Morgan fingerprint density at radius 3 is 2.95 bits per heavy atom. The average Bonchev–Trinajstić information content (AvgIpc) is 2.83. The first kappa shape index (κ1) is 11.8. The summed E-state index contributed by atoms with van der Waals surface area (Å²) in [7, 11) is 0. The van der Waals surface area contributed by atoms with Crippen LogP contribution in [0.4, 0.5) is 5.13 Å². The van der Waals surface area contributed by atoms with Gasteiger partial charge in [-0.05, 0) is 30.5 Å². The zero-order valence-corrected chi connectivity index (χ0v) is 11.1. The van der Waals surface area contributed by atoms with Crippen LogP contribution in [0.3, 0.4) is 0 Å². The number of fused-ring (bicyclic) bond motifs is 1. The van der Waals surface area contributed by atoms with E-state index in [0.29, 0.717) is 10.7 Å². The van der Waals surface area contributed by atoms with E-state index in [0.717, 1.165) is 16.5 Å². The summed E-state index contributed by atoms with van der Waals surface area (Å²) in [5.41, 5.74) is 1.52. The van der Waals surface area contributed by atoms with E-state index in [4.69, 9.17) is 0 Å². The fraction of sp³-hybridized carbons (Fsp3) is 0.0714. The van der Waals surface area contributed by atoms with E-state index in [1.54, 1.807) is 18.5 Å². The zero-order chi connectivity index (χ0) is 13.2. The van der Waals surface area contributed by atoms with E-state index in [-0.39, 0.29) is 5.91 Å². The van der Waals surface area contributed by atoms with Crippen LogP contribution < -0.4 is 5.32 Å². The molecule has 4 nitrogen and oxygen atoms in total. The molecule has 1 aromatic carbocycles. The molecule has 0 bridgehead atoms. The van der Waals surface area contributed by atoms with Gasteiger partial charge in [-0.15, -0.1) is 11.3 Å². The van der Waals surface area contributed by atoms with Gasteiger partial charge >= 0.3 is 0 Å². The summed E-state index contributed by atoms with van der Waals surface area (Å²) in [5, 5.41) is 7.34. The number of aryl methyl sites for hydroxylation is 1. The maximum absolute atomic E-state index is 12.1. The van der Waals surface area contributed by atoms with Gasteiger partial charge in [0.15, 0.2) is 5.13 Å². The standard InChI is InChI=1S/C14H11N3OS/c1-9-8-19-14(16-9)17-13(18)11-2-3-12-7-15-5-4-10(12)6-11/h2-8H,1H3,(H,16,17,18). The van der Waals surface area contributed by atoms with Crippen LogP contribution in [-0.2, 0) is 0 Å². The number of pyridine rings is 1. The van der Waals surface area contributed by atoms with Gasteiger partial charge in [-0.25, -0.2) is 4.98 Å². The second-order valence-electron chi connectivity index (χ2n) is 4.19. The molecule has 0 saturated carbocycles. The van der Waals surface area contributed by atoms with Crippen molar-refractivity contribution in [2.45, 2.75) is 6.92 Å². The minimum atomic E-state index is -0.145. The highest BCUT2D eigenvalue weighted by atomic mass is 32.1. The lowest BCUT2D eigenvalue weighted by Crippen LogP contribution is -2.11. The molecule has 1 amide bonds. The molecule has 3 rings (SSSR count). The molecule has 0 aliphatic rings. The second-order valence-corrected chi connectivity index (χ2v) is 5.04. The third-order valence-electron chi connectivity index (χ3n) is 2.74. The summed E-state index contributed by atoms with van der Waals surface area (Å²) in [6.45, 7) is 1.90. The second kappa shape index (κ2) is 4.78. The van der Waals surface area contributed by atoms with Crippen molar-refractivity contribution in [2.24, 2.45) is 0 Å². The van der Waals surface area contributed by atoms with Gasteiger partial charge < -0.3 is 0 Å². The van der Waals surface area contributed by atoms with E-state index >= 15 is 0 Å². The van der Waals surface area contributed by atoms with Gasteiger partial charge in [0.2, 0.25) is 0 Å². The molecule has 2 heterocycles. The van der Waals surface area contributed by atoms with Crippen LogP contribution in [0, 0.1) is 6.92 Å². The Morgan fingerprint density at radius 1 is 1.26 bits per heavy atom. The maximum Gasteiger partial charge on any atom is 0.257 e. The summed E-state index contributed by atoms with van der Waals surface area (Å²) in [5.74, 6) is -0.145. The Morgan fingerprint density at radius 2 is 2.16 bits per heavy atom. The number of benzene rings is 1. The van der Waals surface area contributed by atoms with Gasteiger partial charge in [-0.1, -0.05) is 6.07 Å². The lowest BCUT2D eigenvalue weighted by Gasteiger charge is -2.03. The molecule has 3 aromatic rings. The first-order chi connectivity index (χ1) is 9.22. The van der Waals surface area contributed by atoms with Crippen LogP contribution in [0.25, 0.3) is 10.8 Å². The monoisotopic (exact) mass is 269 g/mol. The predicted molar refractivity (Wildman–Crippen MR) is 76.5 cm³/mol. The quantitative estimate of drug-likeness (QED) is 0.777. The van der Waals surface area contributed by atoms with Crippen molar-refractivity contribution in [3.05, 3.63) is 53.3 Å². The fourth-order valence-electron chi connectivity index (χ4n) is 1.81. The van der Waals surface area contributed by atoms with Crippen LogP contribution in [0.2, 0.25) is 0 Å². The van der Waals surface area contributed by atoms with Gasteiger partial charge in [0, 0.05) is 28.7 Å². The Kier molecular flexibility index (Phi) is 2.97. The summed E-state index contributed by atoms with van der Waals surface area (Å²) < 4.78 is 0. The highest BCUT2D eigenvalue weighted by Crippen LogP contribution is 2.18. The SMILES string of the molecule is Cc1csc(NC(=O)c2ccc3cnccc3c2)n1. The molecule has 94 valence electrons. The van der Waals surface area contributed by atoms with Crippen molar-refractivity contribution in [1.29, 1.82) is 0 Å². The van der Waals surface area contributed by atoms with Crippen LogP contribution >= 0.6 is 11.3 Å². The number of nitrogens with one attached hydrogen (secondary N) is 1. The molecule has 5 heteroatoms. The van der Waals surface area contributed by atoms with Crippen LogP contribution in [0.5, 0.6) is 0 Å². The largest absolute Gasteiger partial charge is 0.298 e.